The minimum Gasteiger partial charge on any atom is -0.378 e. The molecule has 2 aliphatic heterocycles. The highest BCUT2D eigenvalue weighted by Gasteiger charge is 2.59. The number of ether oxygens (including phenoxy) is 1. The van der Waals surface area contributed by atoms with Crippen molar-refractivity contribution in [1.82, 2.24) is 0 Å². The standard InChI is InChI=1S/C24H29N2O4P/c1-23(2)21-17-20(31(27,28)29)12-13-22(21)26-15-16-30-24(23,26)14-6-5-7-18-8-10-19(11-9-18)25(3)4/h5-14,17H,15-16H2,1-4H3,(H2,27,28,29). The average molecular weight is 440 g/mol. The number of anilines is 2. The number of nitrogens with zero attached hydrogens (tertiary/aromatic N) is 2. The van der Waals surface area contributed by atoms with E-state index in [2.05, 4.69) is 54.0 Å². The molecule has 1 unspecified atom stereocenters. The SMILES string of the molecule is CN(C)c1ccc(C=CC=CC23OCCN2c2ccc(P(=O)(O)O)cc2C3(C)C)cc1. The van der Waals surface area contributed by atoms with E-state index in [1.807, 2.05) is 32.3 Å². The summed E-state index contributed by atoms with van der Waals surface area (Å²) in [6.07, 6.45) is 8.10. The molecule has 0 aromatic heterocycles. The number of allylic oxidation sites excluding steroid dienone is 2. The molecular formula is C24H29N2O4P. The molecule has 2 heterocycles. The molecule has 0 aliphatic carbocycles. The van der Waals surface area contributed by atoms with E-state index < -0.39 is 18.7 Å². The van der Waals surface area contributed by atoms with Gasteiger partial charge in [-0.05, 0) is 47.5 Å². The smallest absolute Gasteiger partial charge is 0.356 e. The van der Waals surface area contributed by atoms with Crippen LogP contribution in [-0.2, 0) is 14.7 Å². The molecule has 7 heteroatoms. The Morgan fingerprint density at radius 2 is 1.81 bits per heavy atom. The van der Waals surface area contributed by atoms with Gasteiger partial charge in [-0.15, -0.1) is 0 Å². The zero-order valence-electron chi connectivity index (χ0n) is 18.3. The Labute approximate surface area is 183 Å². The van der Waals surface area contributed by atoms with Crippen LogP contribution in [0.3, 0.4) is 0 Å². The lowest BCUT2D eigenvalue weighted by atomic mass is 9.77. The third-order valence-electron chi connectivity index (χ3n) is 6.35. The van der Waals surface area contributed by atoms with Crippen LogP contribution in [-0.4, -0.2) is 42.8 Å². The van der Waals surface area contributed by atoms with Crippen molar-refractivity contribution in [2.24, 2.45) is 0 Å². The van der Waals surface area contributed by atoms with Crippen molar-refractivity contribution in [3.05, 3.63) is 71.8 Å². The van der Waals surface area contributed by atoms with Gasteiger partial charge >= 0.3 is 7.60 Å². The quantitative estimate of drug-likeness (QED) is 0.546. The Balaban J connectivity index is 1.63. The van der Waals surface area contributed by atoms with Crippen molar-refractivity contribution >= 4 is 30.4 Å². The molecule has 1 fully saturated rings. The molecule has 4 rings (SSSR count). The molecule has 2 aliphatic rings. The molecular weight excluding hydrogens is 411 g/mol. The maximum absolute atomic E-state index is 11.8. The van der Waals surface area contributed by atoms with Crippen LogP contribution >= 0.6 is 7.60 Å². The second-order valence-corrected chi connectivity index (χ2v) is 10.4. The van der Waals surface area contributed by atoms with E-state index in [1.54, 1.807) is 12.1 Å². The summed E-state index contributed by atoms with van der Waals surface area (Å²) in [4.78, 5) is 23.5. The van der Waals surface area contributed by atoms with E-state index in [9.17, 15) is 14.4 Å². The molecule has 2 N–H and O–H groups in total. The third kappa shape index (κ3) is 3.64. The topological polar surface area (TPSA) is 73.2 Å². The summed E-state index contributed by atoms with van der Waals surface area (Å²) in [5, 5.41) is 0.0423. The van der Waals surface area contributed by atoms with Crippen molar-refractivity contribution in [1.29, 1.82) is 0 Å². The summed E-state index contributed by atoms with van der Waals surface area (Å²) in [5.74, 6) is 0. The summed E-state index contributed by atoms with van der Waals surface area (Å²) in [6, 6.07) is 13.3. The second-order valence-electron chi connectivity index (χ2n) is 8.77. The van der Waals surface area contributed by atoms with Gasteiger partial charge in [0.15, 0.2) is 5.72 Å². The Hall–Kier alpha value is -2.37. The highest BCUT2D eigenvalue weighted by atomic mass is 31.2. The normalized spacial score (nSPS) is 22.3. The van der Waals surface area contributed by atoms with E-state index in [0.717, 1.165) is 29.0 Å². The van der Waals surface area contributed by atoms with Crippen molar-refractivity contribution in [3.63, 3.8) is 0 Å². The van der Waals surface area contributed by atoms with Crippen LogP contribution in [0.4, 0.5) is 11.4 Å². The van der Waals surface area contributed by atoms with Gasteiger partial charge in [-0.3, -0.25) is 4.57 Å². The van der Waals surface area contributed by atoms with E-state index in [4.69, 9.17) is 4.74 Å². The fourth-order valence-electron chi connectivity index (χ4n) is 4.57. The van der Waals surface area contributed by atoms with Gasteiger partial charge in [0.05, 0.1) is 11.9 Å². The number of hydrogen-bond acceptors (Lipinski definition) is 4. The number of fused-ring (bicyclic) bond motifs is 3. The largest absolute Gasteiger partial charge is 0.378 e. The molecule has 0 bridgehead atoms. The van der Waals surface area contributed by atoms with Crippen molar-refractivity contribution in [3.8, 4) is 0 Å². The highest BCUT2D eigenvalue weighted by Crippen LogP contribution is 2.55. The Morgan fingerprint density at radius 1 is 1.10 bits per heavy atom. The first-order valence-corrected chi connectivity index (χ1v) is 11.9. The molecule has 2 aromatic rings. The monoisotopic (exact) mass is 440 g/mol. The Bertz CT molecular complexity index is 1090. The number of benzene rings is 2. The van der Waals surface area contributed by atoms with Gasteiger partial charge < -0.3 is 24.3 Å². The zero-order chi connectivity index (χ0) is 22.4. The lowest BCUT2D eigenvalue weighted by Crippen LogP contribution is -2.51. The van der Waals surface area contributed by atoms with E-state index in [1.165, 1.54) is 6.07 Å². The summed E-state index contributed by atoms with van der Waals surface area (Å²) in [7, 11) is -0.284. The first-order valence-electron chi connectivity index (χ1n) is 10.3. The van der Waals surface area contributed by atoms with Crippen LogP contribution in [0.5, 0.6) is 0 Å². The fraction of sp³-hybridized carbons (Fsp3) is 0.333. The molecule has 0 radical (unpaired) electrons. The van der Waals surface area contributed by atoms with Crippen molar-refractivity contribution < 1.29 is 19.1 Å². The molecule has 2 aromatic carbocycles. The van der Waals surface area contributed by atoms with Gasteiger partial charge in [-0.1, -0.05) is 44.2 Å². The third-order valence-corrected chi connectivity index (χ3v) is 7.30. The lowest BCUT2D eigenvalue weighted by Gasteiger charge is -2.39. The van der Waals surface area contributed by atoms with E-state index in [0.29, 0.717) is 6.61 Å². The van der Waals surface area contributed by atoms with Gasteiger partial charge in [-0.2, -0.15) is 0 Å². The molecule has 1 saturated heterocycles. The average Bonchev–Trinajstić information content (AvgIpc) is 3.22. The minimum atomic E-state index is -4.32. The summed E-state index contributed by atoms with van der Waals surface area (Å²) < 4.78 is 18.1. The molecule has 1 atom stereocenters. The molecule has 0 amide bonds. The van der Waals surface area contributed by atoms with Gasteiger partial charge in [0.2, 0.25) is 0 Å². The molecule has 0 saturated carbocycles. The predicted octanol–water partition coefficient (Wildman–Crippen LogP) is 3.65. The molecule has 0 spiro atoms. The Morgan fingerprint density at radius 3 is 2.45 bits per heavy atom. The summed E-state index contributed by atoms with van der Waals surface area (Å²) in [5.41, 5.74) is 2.94. The van der Waals surface area contributed by atoms with Gasteiger partial charge in [0.25, 0.3) is 0 Å². The number of rotatable bonds is 5. The zero-order valence-corrected chi connectivity index (χ0v) is 19.2. The van der Waals surface area contributed by atoms with Crippen LogP contribution in [0.2, 0.25) is 0 Å². The highest BCUT2D eigenvalue weighted by molar-refractivity contribution is 7.60. The first-order chi connectivity index (χ1) is 14.6. The van der Waals surface area contributed by atoms with Crippen LogP contribution in [0.1, 0.15) is 25.0 Å². The van der Waals surface area contributed by atoms with Crippen molar-refractivity contribution in [2.75, 3.05) is 37.0 Å². The van der Waals surface area contributed by atoms with Crippen LogP contribution in [0.25, 0.3) is 6.08 Å². The summed E-state index contributed by atoms with van der Waals surface area (Å²) in [6.45, 7) is 5.46. The maximum atomic E-state index is 11.8. The Kier molecular flexibility index (Phi) is 5.39. The molecule has 164 valence electrons. The molecule has 31 heavy (non-hydrogen) atoms. The fourth-order valence-corrected chi connectivity index (χ4v) is 5.14. The van der Waals surface area contributed by atoms with Crippen LogP contribution in [0, 0.1) is 0 Å². The summed E-state index contributed by atoms with van der Waals surface area (Å²) >= 11 is 0. The van der Waals surface area contributed by atoms with E-state index >= 15 is 0 Å². The van der Waals surface area contributed by atoms with Gasteiger partial charge in [-0.25, -0.2) is 0 Å². The predicted molar refractivity (Wildman–Crippen MR) is 126 cm³/mol. The maximum Gasteiger partial charge on any atom is 0.356 e. The van der Waals surface area contributed by atoms with Crippen molar-refractivity contribution in [2.45, 2.75) is 25.0 Å². The van der Waals surface area contributed by atoms with Crippen LogP contribution in [0.15, 0.2) is 60.7 Å². The van der Waals surface area contributed by atoms with Gasteiger partial charge in [0.1, 0.15) is 0 Å². The lowest BCUT2D eigenvalue weighted by molar-refractivity contribution is -0.000280. The molecule has 6 nitrogen and oxygen atoms in total. The van der Waals surface area contributed by atoms with Gasteiger partial charge in [0, 0.05) is 37.4 Å². The second kappa shape index (κ2) is 7.64. The van der Waals surface area contributed by atoms with E-state index in [-0.39, 0.29) is 5.30 Å². The van der Waals surface area contributed by atoms with Crippen LogP contribution < -0.4 is 15.1 Å². The minimum absolute atomic E-state index is 0.0423. The number of hydrogen-bond donors (Lipinski definition) is 2. The first kappa shape index (κ1) is 21.8.